The van der Waals surface area contributed by atoms with Gasteiger partial charge in [0.05, 0.1) is 6.10 Å². The molecule has 0 spiro atoms. The smallest absolute Gasteiger partial charge is 0.223 e. The number of rotatable bonds is 4. The van der Waals surface area contributed by atoms with E-state index in [1.165, 1.54) is 0 Å². The molecule has 0 fully saturated rings. The van der Waals surface area contributed by atoms with Gasteiger partial charge in [0, 0.05) is 21.6 Å². The van der Waals surface area contributed by atoms with Crippen molar-refractivity contribution in [3.8, 4) is 5.88 Å². The first kappa shape index (κ1) is 14.8. The summed E-state index contributed by atoms with van der Waals surface area (Å²) in [5.74, 6) is 2.05. The van der Waals surface area contributed by atoms with Crippen molar-refractivity contribution in [2.75, 3.05) is 5.32 Å². The van der Waals surface area contributed by atoms with Crippen LogP contribution in [0.5, 0.6) is 5.88 Å². The monoisotopic (exact) mass is 360 g/mol. The standard InChI is InChI=1S/C16H17BrN4O/c1-9(2)22-16-13-5-4-12(17)7-11(13)8-14(19-16)18-15-6-10(3)20-21-15/h4-9H,1-3H3,(H2,18,19,20,21). The highest BCUT2D eigenvalue weighted by molar-refractivity contribution is 9.10. The number of hydrogen-bond acceptors (Lipinski definition) is 4. The quantitative estimate of drug-likeness (QED) is 0.715. The first-order valence-electron chi connectivity index (χ1n) is 7.07. The Balaban J connectivity index is 2.06. The van der Waals surface area contributed by atoms with E-state index in [1.54, 1.807) is 0 Å². The van der Waals surface area contributed by atoms with Gasteiger partial charge in [0.15, 0.2) is 5.82 Å². The molecule has 3 rings (SSSR count). The van der Waals surface area contributed by atoms with Crippen LogP contribution in [0, 0.1) is 6.92 Å². The molecule has 22 heavy (non-hydrogen) atoms. The van der Waals surface area contributed by atoms with E-state index in [-0.39, 0.29) is 6.10 Å². The lowest BCUT2D eigenvalue weighted by Gasteiger charge is -2.13. The Hall–Kier alpha value is -2.08. The third-order valence-electron chi connectivity index (χ3n) is 3.07. The predicted octanol–water partition coefficient (Wildman–Crippen LogP) is 4.56. The normalized spacial score (nSPS) is 11.1. The van der Waals surface area contributed by atoms with Crippen LogP contribution >= 0.6 is 15.9 Å². The maximum atomic E-state index is 5.86. The minimum absolute atomic E-state index is 0.0576. The van der Waals surface area contributed by atoms with E-state index in [1.807, 2.05) is 51.1 Å². The van der Waals surface area contributed by atoms with Crippen molar-refractivity contribution in [3.05, 3.63) is 40.5 Å². The zero-order chi connectivity index (χ0) is 15.7. The van der Waals surface area contributed by atoms with Gasteiger partial charge in [-0.15, -0.1) is 0 Å². The van der Waals surface area contributed by atoms with Gasteiger partial charge in [-0.2, -0.15) is 10.1 Å². The number of ether oxygens (including phenoxy) is 1. The molecule has 0 radical (unpaired) electrons. The summed E-state index contributed by atoms with van der Waals surface area (Å²) in [4.78, 5) is 4.57. The number of fused-ring (bicyclic) bond motifs is 1. The van der Waals surface area contributed by atoms with Gasteiger partial charge >= 0.3 is 0 Å². The zero-order valence-corrected chi connectivity index (χ0v) is 14.2. The molecule has 0 saturated carbocycles. The van der Waals surface area contributed by atoms with E-state index < -0.39 is 0 Å². The van der Waals surface area contributed by atoms with Gasteiger partial charge in [-0.25, -0.2) is 0 Å². The number of H-pyrrole nitrogens is 1. The summed E-state index contributed by atoms with van der Waals surface area (Å²) in [6.07, 6.45) is 0.0576. The Morgan fingerprint density at radius 1 is 1.18 bits per heavy atom. The fourth-order valence-electron chi connectivity index (χ4n) is 2.19. The number of hydrogen-bond donors (Lipinski definition) is 2. The molecular formula is C16H17BrN4O. The van der Waals surface area contributed by atoms with Gasteiger partial charge in [0.2, 0.25) is 5.88 Å². The van der Waals surface area contributed by atoms with Gasteiger partial charge in [-0.3, -0.25) is 5.10 Å². The van der Waals surface area contributed by atoms with E-state index in [2.05, 4.69) is 36.4 Å². The van der Waals surface area contributed by atoms with Crippen LogP contribution in [0.1, 0.15) is 19.5 Å². The van der Waals surface area contributed by atoms with Crippen molar-refractivity contribution in [3.63, 3.8) is 0 Å². The molecule has 0 atom stereocenters. The van der Waals surface area contributed by atoms with Crippen molar-refractivity contribution < 1.29 is 4.74 Å². The van der Waals surface area contributed by atoms with Crippen molar-refractivity contribution in [2.24, 2.45) is 0 Å². The highest BCUT2D eigenvalue weighted by Crippen LogP contribution is 2.30. The number of nitrogens with zero attached hydrogens (tertiary/aromatic N) is 2. The second kappa shape index (κ2) is 5.96. The maximum absolute atomic E-state index is 5.86. The number of halogens is 1. The average molecular weight is 361 g/mol. The van der Waals surface area contributed by atoms with E-state index in [0.29, 0.717) is 11.7 Å². The minimum Gasteiger partial charge on any atom is -0.474 e. The first-order valence-corrected chi connectivity index (χ1v) is 7.86. The summed E-state index contributed by atoms with van der Waals surface area (Å²) in [5.41, 5.74) is 0.990. The molecule has 1 aromatic carbocycles. The first-order chi connectivity index (χ1) is 10.5. The van der Waals surface area contributed by atoms with Crippen molar-refractivity contribution in [1.29, 1.82) is 0 Å². The predicted molar refractivity (Wildman–Crippen MR) is 91.8 cm³/mol. The van der Waals surface area contributed by atoms with Crippen molar-refractivity contribution >= 4 is 38.3 Å². The number of pyridine rings is 1. The van der Waals surface area contributed by atoms with Crippen LogP contribution in [0.3, 0.4) is 0 Å². The number of anilines is 2. The Morgan fingerprint density at radius 3 is 2.68 bits per heavy atom. The molecule has 2 N–H and O–H groups in total. The van der Waals surface area contributed by atoms with Crippen molar-refractivity contribution in [1.82, 2.24) is 15.2 Å². The van der Waals surface area contributed by atoms with Crippen LogP contribution in [0.4, 0.5) is 11.6 Å². The van der Waals surface area contributed by atoms with Crippen LogP contribution in [0.25, 0.3) is 10.8 Å². The summed E-state index contributed by atoms with van der Waals surface area (Å²) in [5, 5.41) is 12.3. The van der Waals surface area contributed by atoms with Crippen LogP contribution in [0.2, 0.25) is 0 Å². The highest BCUT2D eigenvalue weighted by atomic mass is 79.9. The summed E-state index contributed by atoms with van der Waals surface area (Å²) < 4.78 is 6.87. The molecular weight excluding hydrogens is 344 g/mol. The summed E-state index contributed by atoms with van der Waals surface area (Å²) in [7, 11) is 0. The molecule has 5 nitrogen and oxygen atoms in total. The molecule has 0 unspecified atom stereocenters. The molecule has 0 saturated heterocycles. The fraction of sp³-hybridized carbons (Fsp3) is 0.250. The molecule has 3 aromatic rings. The van der Waals surface area contributed by atoms with Gasteiger partial charge in [-0.05, 0) is 50.4 Å². The topological polar surface area (TPSA) is 62.8 Å². The number of benzene rings is 1. The van der Waals surface area contributed by atoms with Gasteiger partial charge in [0.1, 0.15) is 5.82 Å². The molecule has 0 aliphatic carbocycles. The Kier molecular flexibility index (Phi) is 4.02. The third-order valence-corrected chi connectivity index (χ3v) is 3.56. The molecule has 0 bridgehead atoms. The van der Waals surface area contributed by atoms with E-state index in [9.17, 15) is 0 Å². The molecule has 6 heteroatoms. The van der Waals surface area contributed by atoms with E-state index >= 15 is 0 Å². The molecule has 2 aromatic heterocycles. The number of aryl methyl sites for hydroxylation is 1. The van der Waals surface area contributed by atoms with Crippen LogP contribution in [0.15, 0.2) is 34.8 Å². The van der Waals surface area contributed by atoms with E-state index in [4.69, 9.17) is 4.74 Å². The summed E-state index contributed by atoms with van der Waals surface area (Å²) in [6, 6.07) is 9.95. The Labute approximate surface area is 137 Å². The fourth-order valence-corrected chi connectivity index (χ4v) is 2.57. The van der Waals surface area contributed by atoms with Crippen LogP contribution in [-0.4, -0.2) is 21.3 Å². The maximum Gasteiger partial charge on any atom is 0.223 e. The number of nitrogens with one attached hydrogen (secondary N) is 2. The molecule has 0 aliphatic rings. The largest absolute Gasteiger partial charge is 0.474 e. The number of aromatic amines is 1. The molecule has 114 valence electrons. The van der Waals surface area contributed by atoms with Gasteiger partial charge in [0.25, 0.3) is 0 Å². The number of aromatic nitrogens is 3. The lowest BCUT2D eigenvalue weighted by molar-refractivity contribution is 0.236. The second-order valence-electron chi connectivity index (χ2n) is 5.41. The zero-order valence-electron chi connectivity index (χ0n) is 12.6. The second-order valence-corrected chi connectivity index (χ2v) is 6.32. The average Bonchev–Trinajstić information content (AvgIpc) is 2.82. The molecule has 0 aliphatic heterocycles. The summed E-state index contributed by atoms with van der Waals surface area (Å²) >= 11 is 3.50. The van der Waals surface area contributed by atoms with Gasteiger partial charge < -0.3 is 10.1 Å². The van der Waals surface area contributed by atoms with Crippen molar-refractivity contribution in [2.45, 2.75) is 26.9 Å². The van der Waals surface area contributed by atoms with Crippen LogP contribution < -0.4 is 10.1 Å². The third kappa shape index (κ3) is 3.22. The molecule has 2 heterocycles. The highest BCUT2D eigenvalue weighted by Gasteiger charge is 2.10. The lowest BCUT2D eigenvalue weighted by Crippen LogP contribution is -2.08. The Morgan fingerprint density at radius 2 is 2.00 bits per heavy atom. The Bertz CT molecular complexity index is 813. The molecule has 0 amide bonds. The SMILES string of the molecule is Cc1cc(Nc2cc3cc(Br)ccc3c(OC(C)C)n2)n[nH]1. The van der Waals surface area contributed by atoms with Crippen LogP contribution in [-0.2, 0) is 0 Å². The summed E-state index contributed by atoms with van der Waals surface area (Å²) in [6.45, 7) is 5.93. The van der Waals surface area contributed by atoms with Gasteiger partial charge in [-0.1, -0.05) is 15.9 Å². The lowest BCUT2D eigenvalue weighted by atomic mass is 10.1. The van der Waals surface area contributed by atoms with E-state index in [0.717, 1.165) is 26.8 Å². The minimum atomic E-state index is 0.0576.